The molecular formula is C13H15N3O2. The van der Waals surface area contributed by atoms with Crippen molar-refractivity contribution in [3.63, 3.8) is 0 Å². The number of aryl methyl sites for hydroxylation is 1. The molecule has 0 fully saturated rings. The molecule has 1 aromatic carbocycles. The maximum atomic E-state index is 11.9. The molecule has 0 spiro atoms. The van der Waals surface area contributed by atoms with Crippen LogP contribution in [0.2, 0.25) is 0 Å². The first kappa shape index (κ1) is 12.2. The number of aromatic nitrogens is 2. The number of benzene rings is 1. The summed E-state index contributed by atoms with van der Waals surface area (Å²) in [6.45, 7) is 0. The van der Waals surface area contributed by atoms with Crippen LogP contribution in [-0.2, 0) is 18.3 Å². The van der Waals surface area contributed by atoms with Crippen LogP contribution in [-0.4, -0.2) is 22.8 Å². The second kappa shape index (κ2) is 5.35. The number of carbonyl (C=O) groups excluding carboxylic acids is 1. The predicted molar refractivity (Wildman–Crippen MR) is 68.5 cm³/mol. The molecule has 0 bridgehead atoms. The largest absolute Gasteiger partial charge is 0.496 e. The number of hydrogen-bond donors (Lipinski definition) is 1. The van der Waals surface area contributed by atoms with Crippen molar-refractivity contribution >= 4 is 11.7 Å². The summed E-state index contributed by atoms with van der Waals surface area (Å²) in [5.74, 6) is 1.30. The van der Waals surface area contributed by atoms with Crippen molar-refractivity contribution in [3.05, 3.63) is 42.1 Å². The lowest BCUT2D eigenvalue weighted by molar-refractivity contribution is -0.115. The van der Waals surface area contributed by atoms with E-state index in [0.717, 1.165) is 11.3 Å². The van der Waals surface area contributed by atoms with Crippen LogP contribution in [0.25, 0.3) is 0 Å². The van der Waals surface area contributed by atoms with E-state index in [0.29, 0.717) is 5.82 Å². The van der Waals surface area contributed by atoms with Gasteiger partial charge in [0.15, 0.2) is 0 Å². The maximum absolute atomic E-state index is 11.9. The summed E-state index contributed by atoms with van der Waals surface area (Å²) in [7, 11) is 3.37. The van der Waals surface area contributed by atoms with Gasteiger partial charge in [-0.25, -0.2) is 0 Å². The maximum Gasteiger partial charge on any atom is 0.230 e. The fraction of sp³-hybridized carbons (Fsp3) is 0.231. The van der Waals surface area contributed by atoms with Gasteiger partial charge in [0, 0.05) is 18.7 Å². The van der Waals surface area contributed by atoms with Crippen LogP contribution in [0.3, 0.4) is 0 Å². The van der Waals surface area contributed by atoms with Gasteiger partial charge in [-0.05, 0) is 6.07 Å². The molecule has 94 valence electrons. The minimum absolute atomic E-state index is 0.0944. The summed E-state index contributed by atoms with van der Waals surface area (Å²) < 4.78 is 6.82. The zero-order valence-electron chi connectivity index (χ0n) is 10.4. The monoisotopic (exact) mass is 245 g/mol. The van der Waals surface area contributed by atoms with Gasteiger partial charge in [-0.3, -0.25) is 9.48 Å². The molecule has 1 N–H and O–H groups in total. The molecule has 0 aliphatic carbocycles. The van der Waals surface area contributed by atoms with E-state index in [4.69, 9.17) is 4.74 Å². The van der Waals surface area contributed by atoms with Gasteiger partial charge in [0.1, 0.15) is 11.6 Å². The number of ether oxygens (including phenoxy) is 1. The first-order chi connectivity index (χ1) is 8.70. The third kappa shape index (κ3) is 2.68. The molecule has 18 heavy (non-hydrogen) atoms. The lowest BCUT2D eigenvalue weighted by atomic mass is 10.1. The Bertz CT molecular complexity index is 549. The number of anilines is 1. The number of hydrogen-bond acceptors (Lipinski definition) is 3. The summed E-state index contributed by atoms with van der Waals surface area (Å²) in [6.07, 6.45) is 1.91. The van der Waals surface area contributed by atoms with Gasteiger partial charge < -0.3 is 10.1 Å². The van der Waals surface area contributed by atoms with E-state index in [1.807, 2.05) is 24.3 Å². The molecule has 2 rings (SSSR count). The molecule has 0 aliphatic heterocycles. The molecule has 1 aromatic heterocycles. The Labute approximate surface area is 105 Å². The van der Waals surface area contributed by atoms with Crippen LogP contribution in [0.5, 0.6) is 5.75 Å². The quantitative estimate of drug-likeness (QED) is 0.890. The Morgan fingerprint density at radius 2 is 2.17 bits per heavy atom. The summed E-state index contributed by atoms with van der Waals surface area (Å²) in [5.41, 5.74) is 0.861. The average Bonchev–Trinajstić information content (AvgIpc) is 2.75. The van der Waals surface area contributed by atoms with E-state index in [1.165, 1.54) is 0 Å². The first-order valence-electron chi connectivity index (χ1n) is 5.60. The Morgan fingerprint density at radius 3 is 2.83 bits per heavy atom. The van der Waals surface area contributed by atoms with Crippen LogP contribution >= 0.6 is 0 Å². The number of nitrogens with zero attached hydrogens (tertiary/aromatic N) is 2. The zero-order chi connectivity index (χ0) is 13.0. The highest BCUT2D eigenvalue weighted by atomic mass is 16.5. The first-order valence-corrected chi connectivity index (χ1v) is 5.60. The molecular weight excluding hydrogens is 230 g/mol. The van der Waals surface area contributed by atoms with E-state index in [-0.39, 0.29) is 12.3 Å². The van der Waals surface area contributed by atoms with Crippen molar-refractivity contribution in [2.45, 2.75) is 6.42 Å². The number of nitrogens with one attached hydrogen (secondary N) is 1. The van der Waals surface area contributed by atoms with Crippen LogP contribution in [0.1, 0.15) is 5.56 Å². The van der Waals surface area contributed by atoms with Crippen LogP contribution < -0.4 is 10.1 Å². The molecule has 0 saturated heterocycles. The summed E-state index contributed by atoms with van der Waals surface area (Å²) >= 11 is 0. The highest BCUT2D eigenvalue weighted by Crippen LogP contribution is 2.18. The summed E-state index contributed by atoms with van der Waals surface area (Å²) in [4.78, 5) is 11.9. The molecule has 0 atom stereocenters. The second-order valence-electron chi connectivity index (χ2n) is 3.88. The van der Waals surface area contributed by atoms with Crippen molar-refractivity contribution in [3.8, 4) is 5.75 Å². The molecule has 1 heterocycles. The lowest BCUT2D eigenvalue weighted by Crippen LogP contribution is -2.17. The standard InChI is InChI=1S/C13H15N3O2/c1-16-12(7-8-14-16)15-13(17)9-10-5-3-4-6-11(10)18-2/h3-8H,9H2,1-2H3,(H,15,17). The molecule has 5 heteroatoms. The highest BCUT2D eigenvalue weighted by Gasteiger charge is 2.09. The molecule has 0 unspecified atom stereocenters. The number of rotatable bonds is 4. The molecule has 0 aliphatic rings. The molecule has 0 radical (unpaired) electrons. The number of carbonyl (C=O) groups is 1. The van der Waals surface area contributed by atoms with E-state index >= 15 is 0 Å². The van der Waals surface area contributed by atoms with Gasteiger partial charge >= 0.3 is 0 Å². The number of methoxy groups -OCH3 is 1. The predicted octanol–water partition coefficient (Wildman–Crippen LogP) is 1.61. The van der Waals surface area contributed by atoms with Gasteiger partial charge in [-0.15, -0.1) is 0 Å². The van der Waals surface area contributed by atoms with Crippen LogP contribution in [0, 0.1) is 0 Å². The van der Waals surface area contributed by atoms with Gasteiger partial charge in [0.2, 0.25) is 5.91 Å². The minimum Gasteiger partial charge on any atom is -0.496 e. The van der Waals surface area contributed by atoms with Crippen LogP contribution in [0.4, 0.5) is 5.82 Å². The van der Waals surface area contributed by atoms with Crippen molar-refractivity contribution in [1.82, 2.24) is 9.78 Å². The van der Waals surface area contributed by atoms with Gasteiger partial charge in [0.05, 0.1) is 19.7 Å². The number of para-hydroxylation sites is 1. The average molecular weight is 245 g/mol. The highest BCUT2D eigenvalue weighted by molar-refractivity contribution is 5.91. The van der Waals surface area contributed by atoms with E-state index < -0.39 is 0 Å². The SMILES string of the molecule is COc1ccccc1CC(=O)Nc1ccnn1C. The molecule has 5 nitrogen and oxygen atoms in total. The molecule has 0 saturated carbocycles. The van der Waals surface area contributed by atoms with Crippen molar-refractivity contribution in [1.29, 1.82) is 0 Å². The molecule has 2 aromatic rings. The van der Waals surface area contributed by atoms with E-state index in [2.05, 4.69) is 10.4 Å². The van der Waals surface area contributed by atoms with Crippen LogP contribution in [0.15, 0.2) is 36.5 Å². The topological polar surface area (TPSA) is 56.1 Å². The van der Waals surface area contributed by atoms with Gasteiger partial charge in [0.25, 0.3) is 0 Å². The Balaban J connectivity index is 2.05. The fourth-order valence-corrected chi connectivity index (χ4v) is 1.71. The zero-order valence-corrected chi connectivity index (χ0v) is 10.4. The van der Waals surface area contributed by atoms with E-state index in [9.17, 15) is 4.79 Å². The van der Waals surface area contributed by atoms with Gasteiger partial charge in [-0.1, -0.05) is 18.2 Å². The Kier molecular flexibility index (Phi) is 3.62. The molecule has 1 amide bonds. The van der Waals surface area contributed by atoms with Crippen molar-refractivity contribution < 1.29 is 9.53 Å². The van der Waals surface area contributed by atoms with Gasteiger partial charge in [-0.2, -0.15) is 5.10 Å². The summed E-state index contributed by atoms with van der Waals surface area (Å²) in [5, 5.41) is 6.78. The minimum atomic E-state index is -0.0944. The Morgan fingerprint density at radius 1 is 1.39 bits per heavy atom. The van der Waals surface area contributed by atoms with Crippen molar-refractivity contribution in [2.24, 2.45) is 7.05 Å². The third-order valence-electron chi connectivity index (χ3n) is 2.63. The number of amides is 1. The fourth-order valence-electron chi connectivity index (χ4n) is 1.71. The second-order valence-corrected chi connectivity index (χ2v) is 3.88. The van der Waals surface area contributed by atoms with E-state index in [1.54, 1.807) is 31.1 Å². The smallest absolute Gasteiger partial charge is 0.230 e. The normalized spacial score (nSPS) is 10.1. The lowest BCUT2D eigenvalue weighted by Gasteiger charge is -2.08. The van der Waals surface area contributed by atoms with Crippen molar-refractivity contribution in [2.75, 3.05) is 12.4 Å². The third-order valence-corrected chi connectivity index (χ3v) is 2.63. The Hall–Kier alpha value is -2.30. The summed E-state index contributed by atoms with van der Waals surface area (Å²) in [6, 6.07) is 9.23.